The molecule has 0 bridgehead atoms. The molecule has 6 atom stereocenters. The number of carbonyl (C=O) groups excluding carboxylic acids is 2. The SMILES string of the molecule is CCCCCCCCCC/C=C/CCCCCC(=O)OC[C@H](CO[C@H]1O[C@H](CS(=O)(=O)O)[C@@H](O)C(O)C1O)OC(=O)CC/C=C/CCCCCCCCCCCCC. The maximum absolute atomic E-state index is 12.8. The number of esters is 2. The summed E-state index contributed by atoms with van der Waals surface area (Å²) in [6.45, 7) is 3.72. The number of aliphatic hydroxyl groups is 3. The van der Waals surface area contributed by atoms with Crippen LogP contribution in [0.2, 0.25) is 0 Å². The lowest BCUT2D eigenvalue weighted by molar-refractivity contribution is -0.297. The molecule has 0 spiro atoms. The van der Waals surface area contributed by atoms with Crippen LogP contribution in [-0.2, 0) is 38.7 Å². The molecule has 1 rings (SSSR count). The topological polar surface area (TPSA) is 186 Å². The van der Waals surface area contributed by atoms with Crippen molar-refractivity contribution in [1.82, 2.24) is 0 Å². The fourth-order valence-electron chi connectivity index (χ4n) is 6.92. The van der Waals surface area contributed by atoms with E-state index in [-0.39, 0.29) is 19.4 Å². The molecule has 0 amide bonds. The zero-order valence-electron chi connectivity index (χ0n) is 36.2. The third-order valence-electron chi connectivity index (χ3n) is 10.5. The largest absolute Gasteiger partial charge is 0.462 e. The van der Waals surface area contributed by atoms with Crippen molar-refractivity contribution in [3.63, 3.8) is 0 Å². The van der Waals surface area contributed by atoms with Crippen molar-refractivity contribution < 1.29 is 56.8 Å². The van der Waals surface area contributed by atoms with E-state index < -0.39 is 71.2 Å². The monoisotopic (exact) mass is 847 g/mol. The van der Waals surface area contributed by atoms with E-state index in [9.17, 15) is 37.9 Å². The number of unbranched alkanes of at least 4 members (excludes halogenated alkanes) is 22. The Kier molecular flexibility index (Phi) is 33.5. The number of hydrogen-bond acceptors (Lipinski definition) is 11. The summed E-state index contributed by atoms with van der Waals surface area (Å²) in [7, 11) is -4.60. The van der Waals surface area contributed by atoms with Gasteiger partial charge in [-0.1, -0.05) is 154 Å². The first-order valence-corrected chi connectivity index (χ1v) is 24.5. The van der Waals surface area contributed by atoms with Gasteiger partial charge < -0.3 is 34.3 Å². The molecule has 1 aliphatic heterocycles. The second kappa shape index (κ2) is 35.8. The third-order valence-corrected chi connectivity index (χ3v) is 11.3. The quantitative estimate of drug-likeness (QED) is 0.0200. The summed E-state index contributed by atoms with van der Waals surface area (Å²) in [5.41, 5.74) is 0. The van der Waals surface area contributed by atoms with Crippen LogP contribution in [0.1, 0.15) is 194 Å². The van der Waals surface area contributed by atoms with Crippen molar-refractivity contribution in [3.8, 4) is 0 Å². The van der Waals surface area contributed by atoms with Gasteiger partial charge in [0.1, 0.15) is 36.8 Å². The highest BCUT2D eigenvalue weighted by molar-refractivity contribution is 7.85. The van der Waals surface area contributed by atoms with Crippen molar-refractivity contribution in [2.45, 2.75) is 230 Å². The Hall–Kier alpha value is -1.87. The summed E-state index contributed by atoms with van der Waals surface area (Å²) in [6, 6.07) is 0. The Morgan fingerprint density at radius 2 is 1.02 bits per heavy atom. The van der Waals surface area contributed by atoms with Crippen molar-refractivity contribution in [2.24, 2.45) is 0 Å². The van der Waals surface area contributed by atoms with Crippen molar-refractivity contribution in [3.05, 3.63) is 24.3 Å². The average Bonchev–Trinajstić information content (AvgIpc) is 3.18. The minimum atomic E-state index is -4.60. The molecule has 1 saturated heterocycles. The molecule has 1 fully saturated rings. The van der Waals surface area contributed by atoms with Gasteiger partial charge in [-0.2, -0.15) is 8.42 Å². The minimum Gasteiger partial charge on any atom is -0.462 e. The van der Waals surface area contributed by atoms with E-state index in [2.05, 4.69) is 32.1 Å². The van der Waals surface area contributed by atoms with Crippen molar-refractivity contribution >= 4 is 22.1 Å². The van der Waals surface area contributed by atoms with Crippen LogP contribution < -0.4 is 0 Å². The maximum Gasteiger partial charge on any atom is 0.306 e. The van der Waals surface area contributed by atoms with Gasteiger partial charge in [0.25, 0.3) is 10.1 Å². The van der Waals surface area contributed by atoms with E-state index in [1.54, 1.807) is 0 Å². The summed E-state index contributed by atoms with van der Waals surface area (Å²) in [5, 5.41) is 30.9. The first-order chi connectivity index (χ1) is 28.0. The van der Waals surface area contributed by atoms with E-state index in [0.717, 1.165) is 38.5 Å². The maximum atomic E-state index is 12.8. The molecule has 13 heteroatoms. The van der Waals surface area contributed by atoms with Crippen LogP contribution in [0, 0.1) is 0 Å². The Morgan fingerprint density at radius 3 is 1.50 bits per heavy atom. The molecule has 0 aromatic carbocycles. The smallest absolute Gasteiger partial charge is 0.306 e. The molecule has 1 heterocycles. The number of ether oxygens (including phenoxy) is 4. The van der Waals surface area contributed by atoms with Gasteiger partial charge in [-0.05, 0) is 51.4 Å². The van der Waals surface area contributed by atoms with Crippen LogP contribution >= 0.6 is 0 Å². The Bertz CT molecular complexity index is 1180. The van der Waals surface area contributed by atoms with Crippen LogP contribution in [0.5, 0.6) is 0 Å². The summed E-state index contributed by atoms with van der Waals surface area (Å²) in [6.07, 6.45) is 29.5. The van der Waals surface area contributed by atoms with E-state index in [0.29, 0.717) is 12.8 Å². The van der Waals surface area contributed by atoms with Gasteiger partial charge in [0, 0.05) is 12.8 Å². The summed E-state index contributed by atoms with van der Waals surface area (Å²) in [4.78, 5) is 25.4. The lowest BCUT2D eigenvalue weighted by atomic mass is 10.00. The molecule has 0 aliphatic carbocycles. The van der Waals surface area contributed by atoms with Crippen LogP contribution in [0.15, 0.2) is 24.3 Å². The van der Waals surface area contributed by atoms with E-state index in [1.165, 1.54) is 116 Å². The predicted molar refractivity (Wildman–Crippen MR) is 229 cm³/mol. The minimum absolute atomic E-state index is 0.0800. The lowest BCUT2D eigenvalue weighted by Crippen LogP contribution is -2.60. The normalized spacial score (nSPS) is 20.6. The van der Waals surface area contributed by atoms with E-state index in [1.807, 2.05) is 6.08 Å². The standard InChI is InChI=1S/C45H82O12S/c1-3-5-7-9-11-13-15-17-19-21-23-25-27-29-31-33-40(46)54-35-38(36-55-45-44(50)43(49)42(48)39(57-45)37-58(51,52)53)56-41(47)34-32-30-28-26-24-22-20-18-16-14-12-10-8-6-4-2/h21,23,28,30,38-39,42-45,48-50H,3-20,22,24-27,29,31-37H2,1-2H3,(H,51,52,53)/b23-21+,30-28+/t38-,39-,42-,43?,44?,45+/m1/s1. The molecule has 340 valence electrons. The molecular weight excluding hydrogens is 765 g/mol. The van der Waals surface area contributed by atoms with Crippen molar-refractivity contribution in [2.75, 3.05) is 19.0 Å². The molecule has 0 aromatic heterocycles. The predicted octanol–water partition coefficient (Wildman–Crippen LogP) is 9.23. The van der Waals surface area contributed by atoms with Gasteiger partial charge >= 0.3 is 11.9 Å². The Morgan fingerprint density at radius 1 is 0.569 bits per heavy atom. The first kappa shape index (κ1) is 54.1. The third kappa shape index (κ3) is 30.2. The second-order valence-corrected chi connectivity index (χ2v) is 17.6. The Labute approximate surface area is 351 Å². The zero-order chi connectivity index (χ0) is 42.7. The molecule has 2 unspecified atom stereocenters. The number of hydrogen-bond donors (Lipinski definition) is 4. The van der Waals surface area contributed by atoms with Crippen LogP contribution in [0.3, 0.4) is 0 Å². The summed E-state index contributed by atoms with van der Waals surface area (Å²) in [5.74, 6) is -2.06. The number of carbonyl (C=O) groups is 2. The highest BCUT2D eigenvalue weighted by Crippen LogP contribution is 2.24. The van der Waals surface area contributed by atoms with Gasteiger partial charge in [-0.25, -0.2) is 0 Å². The molecular formula is C45H82O12S. The molecule has 58 heavy (non-hydrogen) atoms. The van der Waals surface area contributed by atoms with Gasteiger partial charge in [-0.3, -0.25) is 14.1 Å². The van der Waals surface area contributed by atoms with Gasteiger partial charge in [0.15, 0.2) is 12.4 Å². The van der Waals surface area contributed by atoms with Gasteiger partial charge in [0.2, 0.25) is 0 Å². The van der Waals surface area contributed by atoms with Gasteiger partial charge in [0.05, 0.1) is 6.61 Å². The van der Waals surface area contributed by atoms with E-state index in [4.69, 9.17) is 18.9 Å². The van der Waals surface area contributed by atoms with Crippen LogP contribution in [0.25, 0.3) is 0 Å². The first-order valence-electron chi connectivity index (χ1n) is 22.9. The van der Waals surface area contributed by atoms with Crippen LogP contribution in [0.4, 0.5) is 0 Å². The van der Waals surface area contributed by atoms with E-state index >= 15 is 0 Å². The molecule has 0 saturated carbocycles. The number of aliphatic hydroxyl groups excluding tert-OH is 3. The average molecular weight is 847 g/mol. The Balaban J connectivity index is 2.47. The highest BCUT2D eigenvalue weighted by Gasteiger charge is 2.46. The molecule has 0 aromatic rings. The molecule has 4 N–H and O–H groups in total. The zero-order valence-corrected chi connectivity index (χ0v) is 37.0. The van der Waals surface area contributed by atoms with Crippen molar-refractivity contribution in [1.29, 1.82) is 0 Å². The second-order valence-electron chi connectivity index (χ2n) is 16.1. The number of rotatable bonds is 38. The molecule has 1 aliphatic rings. The van der Waals surface area contributed by atoms with Gasteiger partial charge in [-0.15, -0.1) is 0 Å². The lowest BCUT2D eigenvalue weighted by Gasteiger charge is -2.40. The summed E-state index contributed by atoms with van der Waals surface area (Å²) < 4.78 is 54.0. The highest BCUT2D eigenvalue weighted by atomic mass is 32.2. The number of allylic oxidation sites excluding steroid dienone is 4. The molecule has 0 radical (unpaired) electrons. The van der Waals surface area contributed by atoms with Crippen LogP contribution in [-0.4, -0.2) is 96.0 Å². The molecule has 12 nitrogen and oxygen atoms in total. The fraction of sp³-hybridized carbons (Fsp3) is 0.867. The fourth-order valence-corrected chi connectivity index (χ4v) is 7.62. The summed E-state index contributed by atoms with van der Waals surface area (Å²) >= 11 is 0.